The van der Waals surface area contributed by atoms with Crippen molar-refractivity contribution in [3.8, 4) is 11.4 Å². The van der Waals surface area contributed by atoms with E-state index in [2.05, 4.69) is 41.1 Å². The molecule has 202 valence electrons. The van der Waals surface area contributed by atoms with Crippen LogP contribution in [0.1, 0.15) is 28.1 Å². The zero-order valence-electron chi connectivity index (χ0n) is 22.7. The molecular formula is C30H32N4O4S. The first-order valence-electron chi connectivity index (χ1n) is 12.4. The monoisotopic (exact) mass is 544 g/mol. The molecule has 1 amide bonds. The molecule has 3 aromatic carbocycles. The summed E-state index contributed by atoms with van der Waals surface area (Å²) in [5, 5.41) is 4.14. The standard InChI is InChI=1S/C30H32N4O4S/c1-21-10-9-11-22(2)30(21)34-23(3)18-25(24(34)4)19-31-32-29(35)20-33(26-12-7-6-8-13-26)39(36,37)28-16-14-27(38-5)15-17-28/h6-19H,20H2,1-5H3,(H,32,35)/b31-19+. The van der Waals surface area contributed by atoms with Crippen LogP contribution in [-0.2, 0) is 14.8 Å². The number of aromatic nitrogens is 1. The predicted octanol–water partition coefficient (Wildman–Crippen LogP) is 5.07. The minimum atomic E-state index is -4.04. The van der Waals surface area contributed by atoms with Crippen LogP contribution in [0.3, 0.4) is 0 Å². The summed E-state index contributed by atoms with van der Waals surface area (Å²) in [6, 6.07) is 22.7. The Balaban J connectivity index is 1.55. The smallest absolute Gasteiger partial charge is 0.264 e. The molecule has 0 radical (unpaired) electrons. The van der Waals surface area contributed by atoms with E-state index in [1.165, 1.54) is 19.2 Å². The van der Waals surface area contributed by atoms with Gasteiger partial charge in [-0.3, -0.25) is 9.10 Å². The van der Waals surface area contributed by atoms with Gasteiger partial charge in [0.1, 0.15) is 12.3 Å². The third kappa shape index (κ3) is 5.88. The highest BCUT2D eigenvalue weighted by Gasteiger charge is 2.27. The quantitative estimate of drug-likeness (QED) is 0.235. The number of nitrogens with one attached hydrogen (secondary N) is 1. The Labute approximate surface area is 229 Å². The Hall–Kier alpha value is -4.37. The minimum absolute atomic E-state index is 0.0439. The second kappa shape index (κ2) is 11.6. The average Bonchev–Trinajstić information content (AvgIpc) is 3.20. The highest BCUT2D eigenvalue weighted by molar-refractivity contribution is 7.92. The fraction of sp³-hybridized carbons (Fsp3) is 0.200. The summed E-state index contributed by atoms with van der Waals surface area (Å²) in [4.78, 5) is 13.0. The third-order valence-corrected chi connectivity index (χ3v) is 8.29. The molecule has 1 N–H and O–H groups in total. The lowest BCUT2D eigenvalue weighted by Gasteiger charge is -2.23. The van der Waals surface area contributed by atoms with Crippen LogP contribution in [0.4, 0.5) is 5.69 Å². The number of rotatable bonds is 9. The summed E-state index contributed by atoms with van der Waals surface area (Å²) in [5.41, 5.74) is 9.17. The van der Waals surface area contributed by atoms with E-state index in [4.69, 9.17) is 4.74 Å². The van der Waals surface area contributed by atoms with Crippen molar-refractivity contribution in [2.75, 3.05) is 18.0 Å². The lowest BCUT2D eigenvalue weighted by molar-refractivity contribution is -0.119. The number of amides is 1. The molecule has 4 aromatic rings. The van der Waals surface area contributed by atoms with E-state index in [0.29, 0.717) is 11.4 Å². The second-order valence-corrected chi connectivity index (χ2v) is 11.1. The highest BCUT2D eigenvalue weighted by atomic mass is 32.2. The molecule has 0 fully saturated rings. The number of hydrazone groups is 1. The Kier molecular flexibility index (Phi) is 8.21. The van der Waals surface area contributed by atoms with Gasteiger partial charge in [-0.15, -0.1) is 0 Å². The minimum Gasteiger partial charge on any atom is -0.497 e. The molecule has 0 aliphatic rings. The molecule has 4 rings (SSSR count). The van der Waals surface area contributed by atoms with Crippen molar-refractivity contribution in [1.82, 2.24) is 9.99 Å². The van der Waals surface area contributed by atoms with Gasteiger partial charge in [0, 0.05) is 17.0 Å². The highest BCUT2D eigenvalue weighted by Crippen LogP contribution is 2.26. The summed E-state index contributed by atoms with van der Waals surface area (Å²) in [5.74, 6) is -0.0417. The number of para-hydroxylation sites is 2. The van der Waals surface area contributed by atoms with Gasteiger partial charge in [0.25, 0.3) is 15.9 Å². The number of carbonyl (C=O) groups excluding carboxylic acids is 1. The van der Waals surface area contributed by atoms with Crippen molar-refractivity contribution in [3.63, 3.8) is 0 Å². The molecule has 0 spiro atoms. The number of carbonyl (C=O) groups is 1. The number of methoxy groups -OCH3 is 1. The Bertz CT molecular complexity index is 1590. The van der Waals surface area contributed by atoms with Gasteiger partial charge >= 0.3 is 0 Å². The summed E-state index contributed by atoms with van der Waals surface area (Å²) in [7, 11) is -2.53. The number of nitrogens with zero attached hydrogens (tertiary/aromatic N) is 3. The molecule has 1 aromatic heterocycles. The second-order valence-electron chi connectivity index (χ2n) is 9.22. The van der Waals surface area contributed by atoms with Crippen molar-refractivity contribution in [1.29, 1.82) is 0 Å². The van der Waals surface area contributed by atoms with Crippen molar-refractivity contribution in [3.05, 3.63) is 107 Å². The van der Waals surface area contributed by atoms with Crippen molar-refractivity contribution < 1.29 is 17.9 Å². The van der Waals surface area contributed by atoms with Gasteiger partial charge in [0.05, 0.1) is 29.6 Å². The fourth-order valence-electron chi connectivity index (χ4n) is 4.54. The van der Waals surface area contributed by atoms with E-state index >= 15 is 0 Å². The van der Waals surface area contributed by atoms with Crippen molar-refractivity contribution in [2.45, 2.75) is 32.6 Å². The number of benzene rings is 3. The largest absolute Gasteiger partial charge is 0.497 e. The predicted molar refractivity (Wildman–Crippen MR) is 154 cm³/mol. The molecule has 1 heterocycles. The van der Waals surface area contributed by atoms with E-state index in [-0.39, 0.29) is 4.90 Å². The molecule has 0 unspecified atom stereocenters. The zero-order chi connectivity index (χ0) is 28.2. The van der Waals surface area contributed by atoms with Gasteiger partial charge in [-0.25, -0.2) is 13.8 Å². The SMILES string of the molecule is COc1ccc(S(=O)(=O)N(CC(=O)N/N=C/c2cc(C)n(-c3c(C)cccc3C)c2C)c2ccccc2)cc1. The topological polar surface area (TPSA) is 93.0 Å². The van der Waals surface area contributed by atoms with Gasteiger partial charge in [-0.2, -0.15) is 5.10 Å². The van der Waals surface area contributed by atoms with Crippen LogP contribution >= 0.6 is 0 Å². The Morgan fingerprint density at radius 2 is 1.59 bits per heavy atom. The number of aryl methyl sites for hydroxylation is 3. The summed E-state index contributed by atoms with van der Waals surface area (Å²) in [6.45, 7) is 7.73. The van der Waals surface area contributed by atoms with E-state index in [0.717, 1.165) is 38.1 Å². The van der Waals surface area contributed by atoms with Gasteiger partial charge in [0.2, 0.25) is 0 Å². The third-order valence-electron chi connectivity index (χ3n) is 6.51. The van der Waals surface area contributed by atoms with Crippen LogP contribution in [0.25, 0.3) is 5.69 Å². The first-order chi connectivity index (χ1) is 18.6. The van der Waals surface area contributed by atoms with Crippen molar-refractivity contribution in [2.24, 2.45) is 5.10 Å². The maximum absolute atomic E-state index is 13.5. The number of hydrogen-bond acceptors (Lipinski definition) is 5. The van der Waals surface area contributed by atoms with Crippen LogP contribution < -0.4 is 14.5 Å². The molecule has 0 bridgehead atoms. The van der Waals surface area contributed by atoms with Crippen LogP contribution in [0.5, 0.6) is 5.75 Å². The number of ether oxygens (including phenoxy) is 1. The average molecular weight is 545 g/mol. The van der Waals surface area contributed by atoms with E-state index in [9.17, 15) is 13.2 Å². The fourth-order valence-corrected chi connectivity index (χ4v) is 5.97. The number of hydrogen-bond donors (Lipinski definition) is 1. The first kappa shape index (κ1) is 27.7. The maximum atomic E-state index is 13.5. The summed E-state index contributed by atoms with van der Waals surface area (Å²) in [6.07, 6.45) is 1.58. The molecule has 39 heavy (non-hydrogen) atoms. The van der Waals surface area contributed by atoms with Gasteiger partial charge in [0.15, 0.2) is 0 Å². The van der Waals surface area contributed by atoms with Crippen LogP contribution in [0.2, 0.25) is 0 Å². The lowest BCUT2D eigenvalue weighted by Crippen LogP contribution is -2.39. The summed E-state index contributed by atoms with van der Waals surface area (Å²) < 4.78 is 35.4. The molecule has 9 heteroatoms. The molecule has 8 nitrogen and oxygen atoms in total. The molecule has 0 saturated heterocycles. The molecule has 0 aliphatic heterocycles. The maximum Gasteiger partial charge on any atom is 0.264 e. The Morgan fingerprint density at radius 1 is 0.949 bits per heavy atom. The molecular weight excluding hydrogens is 512 g/mol. The Morgan fingerprint density at radius 3 is 2.21 bits per heavy atom. The number of anilines is 1. The van der Waals surface area contributed by atoms with Gasteiger partial charge in [-0.1, -0.05) is 36.4 Å². The molecule has 0 atom stereocenters. The molecule has 0 aliphatic carbocycles. The van der Waals surface area contributed by atoms with Crippen LogP contribution in [0.15, 0.2) is 88.9 Å². The van der Waals surface area contributed by atoms with E-state index in [1.54, 1.807) is 48.7 Å². The normalized spacial score (nSPS) is 11.5. The van der Waals surface area contributed by atoms with Crippen molar-refractivity contribution >= 4 is 27.8 Å². The van der Waals surface area contributed by atoms with E-state index in [1.807, 2.05) is 26.0 Å². The number of sulfonamides is 1. The summed E-state index contributed by atoms with van der Waals surface area (Å²) >= 11 is 0. The van der Waals surface area contributed by atoms with Gasteiger partial charge < -0.3 is 9.30 Å². The first-order valence-corrected chi connectivity index (χ1v) is 13.9. The lowest BCUT2D eigenvalue weighted by atomic mass is 10.1. The van der Waals surface area contributed by atoms with E-state index < -0.39 is 22.5 Å². The van der Waals surface area contributed by atoms with Crippen LogP contribution in [0, 0.1) is 27.7 Å². The molecule has 0 saturated carbocycles. The zero-order valence-corrected chi connectivity index (χ0v) is 23.5. The van der Waals surface area contributed by atoms with Gasteiger partial charge in [-0.05, 0) is 81.3 Å². The van der Waals surface area contributed by atoms with Crippen LogP contribution in [-0.4, -0.2) is 38.8 Å².